The fourth-order valence-corrected chi connectivity index (χ4v) is 3.10. The molecule has 0 aliphatic carbocycles. The molecule has 0 atom stereocenters. The number of aromatic nitrogens is 1. The Kier molecular flexibility index (Phi) is 4.88. The number of amides is 1. The van der Waals surface area contributed by atoms with E-state index in [9.17, 15) is 13.2 Å². The van der Waals surface area contributed by atoms with Crippen LogP contribution in [0.5, 0.6) is 0 Å². The molecule has 3 aromatic rings. The monoisotopic (exact) mass is 370 g/mol. The van der Waals surface area contributed by atoms with Crippen molar-refractivity contribution in [2.75, 3.05) is 0 Å². The van der Waals surface area contributed by atoms with Gasteiger partial charge in [0.05, 0.1) is 17.0 Å². The number of para-hydroxylation sites is 1. The number of H-pyrrole nitrogens is 1. The third-order valence-electron chi connectivity index (χ3n) is 3.97. The first-order chi connectivity index (χ1) is 12.3. The van der Waals surface area contributed by atoms with E-state index in [2.05, 4.69) is 15.5 Å². The molecule has 8 heteroatoms. The van der Waals surface area contributed by atoms with E-state index in [4.69, 9.17) is 5.14 Å². The number of carbonyl (C=O) groups excluding carboxylic acids is 1. The fraction of sp³-hybridized carbons (Fsp3) is 0.111. The van der Waals surface area contributed by atoms with E-state index in [0.717, 1.165) is 16.5 Å². The number of nitrogens with two attached hydrogens (primary N) is 1. The average Bonchev–Trinajstić information content (AvgIpc) is 3.02. The molecule has 7 nitrogen and oxygen atoms in total. The van der Waals surface area contributed by atoms with Crippen LogP contribution in [0.15, 0.2) is 64.7 Å². The molecule has 0 aliphatic rings. The zero-order valence-electron chi connectivity index (χ0n) is 14.1. The first kappa shape index (κ1) is 17.8. The van der Waals surface area contributed by atoms with Gasteiger partial charge in [-0.2, -0.15) is 5.10 Å². The molecule has 1 amide bonds. The summed E-state index contributed by atoms with van der Waals surface area (Å²) in [6, 6.07) is 13.7. The second kappa shape index (κ2) is 7.11. The minimum atomic E-state index is -3.73. The van der Waals surface area contributed by atoms with Crippen LogP contribution < -0.4 is 10.6 Å². The molecule has 0 saturated heterocycles. The highest BCUT2D eigenvalue weighted by molar-refractivity contribution is 7.89. The van der Waals surface area contributed by atoms with Crippen LogP contribution in [0.4, 0.5) is 0 Å². The number of rotatable bonds is 5. The molecular weight excluding hydrogens is 352 g/mol. The van der Waals surface area contributed by atoms with Gasteiger partial charge in [-0.15, -0.1) is 0 Å². The maximum Gasteiger partial charge on any atom is 0.244 e. The molecule has 0 fully saturated rings. The number of hydrogen-bond donors (Lipinski definition) is 3. The maximum atomic E-state index is 12.1. The van der Waals surface area contributed by atoms with E-state index in [0.29, 0.717) is 11.3 Å². The Bertz CT molecular complexity index is 1080. The second-order valence-electron chi connectivity index (χ2n) is 5.84. The average molecular weight is 370 g/mol. The third-order valence-corrected chi connectivity index (χ3v) is 4.90. The van der Waals surface area contributed by atoms with Crippen molar-refractivity contribution in [3.05, 3.63) is 65.9 Å². The lowest BCUT2D eigenvalue weighted by atomic mass is 10.1. The molecule has 2 aromatic carbocycles. The SMILES string of the molecule is C/C(=N\NC(=O)Cc1c[nH]c2ccccc12)c1ccc(S(N)(=O)=O)cc1. The van der Waals surface area contributed by atoms with Gasteiger partial charge in [-0.3, -0.25) is 4.79 Å². The van der Waals surface area contributed by atoms with E-state index in [1.54, 1.807) is 19.1 Å². The van der Waals surface area contributed by atoms with Crippen molar-refractivity contribution < 1.29 is 13.2 Å². The van der Waals surface area contributed by atoms with Crippen LogP contribution in [0.25, 0.3) is 10.9 Å². The molecule has 1 heterocycles. The number of nitrogens with zero attached hydrogens (tertiary/aromatic N) is 1. The first-order valence-electron chi connectivity index (χ1n) is 7.86. The topological polar surface area (TPSA) is 117 Å². The predicted molar refractivity (Wildman–Crippen MR) is 100 cm³/mol. The lowest BCUT2D eigenvalue weighted by molar-refractivity contribution is -0.120. The van der Waals surface area contributed by atoms with Gasteiger partial charge in [0.15, 0.2) is 0 Å². The number of primary sulfonamides is 1. The Labute approximate surface area is 151 Å². The van der Waals surface area contributed by atoms with E-state index in [-0.39, 0.29) is 17.2 Å². The van der Waals surface area contributed by atoms with Gasteiger partial charge in [0.25, 0.3) is 0 Å². The summed E-state index contributed by atoms with van der Waals surface area (Å²) in [6.07, 6.45) is 2.01. The van der Waals surface area contributed by atoms with Gasteiger partial charge in [0.1, 0.15) is 0 Å². The van der Waals surface area contributed by atoms with Gasteiger partial charge < -0.3 is 4.98 Å². The van der Waals surface area contributed by atoms with Gasteiger partial charge in [-0.1, -0.05) is 30.3 Å². The first-order valence-corrected chi connectivity index (χ1v) is 9.40. The number of fused-ring (bicyclic) bond motifs is 1. The minimum Gasteiger partial charge on any atom is -0.361 e. The molecule has 0 spiro atoms. The van der Waals surface area contributed by atoms with Crippen LogP contribution in [-0.2, 0) is 21.2 Å². The lowest BCUT2D eigenvalue weighted by Gasteiger charge is -2.04. The van der Waals surface area contributed by atoms with Crippen molar-refractivity contribution in [1.82, 2.24) is 10.4 Å². The highest BCUT2D eigenvalue weighted by Crippen LogP contribution is 2.18. The molecule has 0 aliphatic heterocycles. The van der Waals surface area contributed by atoms with Crippen LogP contribution in [-0.4, -0.2) is 25.0 Å². The minimum absolute atomic E-state index is 0.0254. The Hall–Kier alpha value is -2.97. The van der Waals surface area contributed by atoms with Crippen molar-refractivity contribution in [1.29, 1.82) is 0 Å². The van der Waals surface area contributed by atoms with Gasteiger partial charge >= 0.3 is 0 Å². The largest absolute Gasteiger partial charge is 0.361 e. The van der Waals surface area contributed by atoms with Gasteiger partial charge in [-0.25, -0.2) is 19.0 Å². The standard InChI is InChI=1S/C18H18N4O3S/c1-12(13-6-8-15(9-7-13)26(19,24)25)21-22-18(23)10-14-11-20-17-5-3-2-4-16(14)17/h2-9,11,20H,10H2,1H3,(H,22,23)(H2,19,24,25)/b21-12+. The zero-order chi connectivity index (χ0) is 18.7. The van der Waals surface area contributed by atoms with Crippen LogP contribution in [0.3, 0.4) is 0 Å². The van der Waals surface area contributed by atoms with E-state index in [1.165, 1.54) is 12.1 Å². The van der Waals surface area contributed by atoms with Gasteiger partial charge in [-0.05, 0) is 36.2 Å². The summed E-state index contributed by atoms with van der Waals surface area (Å²) in [5, 5.41) is 10.1. The normalized spacial score (nSPS) is 12.3. The summed E-state index contributed by atoms with van der Waals surface area (Å²) < 4.78 is 22.5. The van der Waals surface area contributed by atoms with Crippen LogP contribution in [0.2, 0.25) is 0 Å². The summed E-state index contributed by atoms with van der Waals surface area (Å²) in [4.78, 5) is 15.3. The Morgan fingerprint density at radius 2 is 1.85 bits per heavy atom. The fourth-order valence-electron chi connectivity index (χ4n) is 2.59. The highest BCUT2D eigenvalue weighted by Gasteiger charge is 2.09. The van der Waals surface area contributed by atoms with Crippen LogP contribution in [0, 0.1) is 0 Å². The molecule has 3 rings (SSSR count). The van der Waals surface area contributed by atoms with Crippen LogP contribution >= 0.6 is 0 Å². The molecule has 134 valence electrons. The third kappa shape index (κ3) is 3.98. The van der Waals surface area contributed by atoms with Crippen LogP contribution in [0.1, 0.15) is 18.1 Å². The highest BCUT2D eigenvalue weighted by atomic mass is 32.2. The summed E-state index contributed by atoms with van der Waals surface area (Å²) in [6.45, 7) is 1.72. The molecule has 0 saturated carbocycles. The number of sulfonamides is 1. The number of hydrogen-bond acceptors (Lipinski definition) is 4. The van der Waals surface area contributed by atoms with Gasteiger partial charge in [0.2, 0.25) is 15.9 Å². The summed E-state index contributed by atoms with van der Waals surface area (Å²) >= 11 is 0. The molecule has 0 bridgehead atoms. The molecule has 0 radical (unpaired) electrons. The van der Waals surface area contributed by atoms with Gasteiger partial charge in [0, 0.05) is 17.1 Å². The van der Waals surface area contributed by atoms with E-state index in [1.807, 2.05) is 30.5 Å². The summed E-state index contributed by atoms with van der Waals surface area (Å²) in [5.41, 5.74) is 5.63. The number of nitrogens with one attached hydrogen (secondary N) is 2. The lowest BCUT2D eigenvalue weighted by Crippen LogP contribution is -2.21. The number of hydrazone groups is 1. The molecule has 4 N–H and O–H groups in total. The van der Waals surface area contributed by atoms with E-state index < -0.39 is 10.0 Å². The zero-order valence-corrected chi connectivity index (χ0v) is 14.9. The number of benzene rings is 2. The molecule has 26 heavy (non-hydrogen) atoms. The second-order valence-corrected chi connectivity index (χ2v) is 7.40. The maximum absolute atomic E-state index is 12.1. The Balaban J connectivity index is 1.67. The van der Waals surface area contributed by atoms with Crippen molar-refractivity contribution in [3.8, 4) is 0 Å². The molecule has 0 unspecified atom stereocenters. The van der Waals surface area contributed by atoms with Crippen molar-refractivity contribution in [2.24, 2.45) is 10.2 Å². The number of aromatic amines is 1. The predicted octanol–water partition coefficient (Wildman–Crippen LogP) is 1.90. The molecule has 1 aromatic heterocycles. The van der Waals surface area contributed by atoms with Crippen molar-refractivity contribution in [2.45, 2.75) is 18.2 Å². The Morgan fingerprint density at radius 3 is 2.54 bits per heavy atom. The smallest absolute Gasteiger partial charge is 0.244 e. The van der Waals surface area contributed by atoms with Crippen molar-refractivity contribution >= 4 is 32.5 Å². The summed E-state index contributed by atoms with van der Waals surface area (Å²) in [5.74, 6) is -0.241. The quantitative estimate of drug-likeness (QED) is 0.470. The summed E-state index contributed by atoms with van der Waals surface area (Å²) in [7, 11) is -3.73. The van der Waals surface area contributed by atoms with Crippen molar-refractivity contribution in [3.63, 3.8) is 0 Å². The number of carbonyl (C=O) groups is 1. The Morgan fingerprint density at radius 1 is 1.15 bits per heavy atom. The van der Waals surface area contributed by atoms with E-state index >= 15 is 0 Å². The molecular formula is C18H18N4O3S.